The maximum Gasteiger partial charge on any atom is 0.433 e. The molecule has 0 aliphatic carbocycles. The molecule has 0 saturated carbocycles. The lowest BCUT2D eigenvalue weighted by Crippen LogP contribution is -2.08. The van der Waals surface area contributed by atoms with Crippen LogP contribution in [0.15, 0.2) is 29.6 Å². The highest BCUT2D eigenvalue weighted by atomic mass is 19.4. The van der Waals surface area contributed by atoms with Crippen molar-refractivity contribution < 1.29 is 13.2 Å². The van der Waals surface area contributed by atoms with Gasteiger partial charge in [0.05, 0.1) is 23.1 Å². The van der Waals surface area contributed by atoms with E-state index >= 15 is 0 Å². The van der Waals surface area contributed by atoms with Gasteiger partial charge >= 0.3 is 6.18 Å². The Bertz CT molecular complexity index is 1010. The number of H-pyrrole nitrogens is 1. The zero-order valence-corrected chi connectivity index (χ0v) is 14.0. The van der Waals surface area contributed by atoms with E-state index in [2.05, 4.69) is 20.2 Å². The van der Waals surface area contributed by atoms with Crippen LogP contribution in [0.1, 0.15) is 22.6 Å². The van der Waals surface area contributed by atoms with Gasteiger partial charge in [0, 0.05) is 23.4 Å². The average Bonchev–Trinajstić information content (AvgIpc) is 3.12. The second-order valence-electron chi connectivity index (χ2n) is 5.77. The lowest BCUT2D eigenvalue weighted by Gasteiger charge is -2.12. The Morgan fingerprint density at radius 2 is 1.93 bits per heavy atom. The summed E-state index contributed by atoms with van der Waals surface area (Å²) in [5, 5.41) is 8.14. The minimum atomic E-state index is -4.58. The lowest BCUT2D eigenvalue weighted by molar-refractivity contribution is -0.140. The zero-order valence-electron chi connectivity index (χ0n) is 14.0. The first-order valence-electron chi connectivity index (χ1n) is 7.67. The number of rotatable bonds is 4. The van der Waals surface area contributed by atoms with Crippen molar-refractivity contribution in [3.05, 3.63) is 51.9 Å². The summed E-state index contributed by atoms with van der Waals surface area (Å²) in [6, 6.07) is 4.66. The van der Waals surface area contributed by atoms with Crippen molar-refractivity contribution in [3.8, 4) is 11.3 Å². The van der Waals surface area contributed by atoms with Crippen molar-refractivity contribution in [3.63, 3.8) is 0 Å². The smallest absolute Gasteiger partial charge is 0.397 e. The molecule has 3 rings (SSSR count). The number of pyridine rings is 2. The number of nitrogen functional groups attached to an aromatic ring is 2. The molecule has 0 aromatic carbocycles. The van der Waals surface area contributed by atoms with E-state index in [1.807, 2.05) is 5.10 Å². The first-order chi connectivity index (χ1) is 12.7. The van der Waals surface area contributed by atoms with E-state index in [0.29, 0.717) is 17.0 Å². The van der Waals surface area contributed by atoms with Crippen LogP contribution in [0.5, 0.6) is 0 Å². The van der Waals surface area contributed by atoms with Crippen molar-refractivity contribution in [1.29, 1.82) is 0 Å². The van der Waals surface area contributed by atoms with Gasteiger partial charge in [0.2, 0.25) is 5.82 Å². The summed E-state index contributed by atoms with van der Waals surface area (Å²) in [6.45, 7) is 1.63. The number of aryl methyl sites for hydroxylation is 1. The summed E-state index contributed by atoms with van der Waals surface area (Å²) < 4.78 is 39.2. The van der Waals surface area contributed by atoms with Crippen LogP contribution >= 0.6 is 0 Å². The Morgan fingerprint density at radius 3 is 2.59 bits per heavy atom. The first kappa shape index (κ1) is 18.3. The monoisotopic (exact) mass is 377 g/mol. The highest BCUT2D eigenvalue weighted by Gasteiger charge is 2.36. The third-order valence-corrected chi connectivity index (χ3v) is 4.02. The minimum Gasteiger partial charge on any atom is -0.397 e. The number of hydrogen-bond acceptors (Lipinski definition) is 7. The third kappa shape index (κ3) is 3.43. The predicted molar refractivity (Wildman–Crippen MR) is 92.9 cm³/mol. The summed E-state index contributed by atoms with van der Waals surface area (Å²) in [5.41, 5.74) is 12.2. The Balaban J connectivity index is 2.01. The molecule has 5 N–H and O–H groups in total. The van der Waals surface area contributed by atoms with Crippen molar-refractivity contribution >= 4 is 17.2 Å². The Kier molecular flexibility index (Phi) is 4.52. The summed E-state index contributed by atoms with van der Waals surface area (Å²) in [5.74, 6) is -0.205. The molecule has 3 aromatic rings. The fraction of sp³-hybridized carbons (Fsp3) is 0.188. The standard InChI is InChI=1S/C16H14F3N7O/c1-7-9(12(20)13(21)15(23-7)26-27)5-8-3-2-4-11(24-8)10-6-22-25-14(10)16(17,18)19/h2-4,6H,5,21H2,1H3,(H2,20,23)(H,22,25). The summed E-state index contributed by atoms with van der Waals surface area (Å²) >= 11 is 0. The van der Waals surface area contributed by atoms with Crippen LogP contribution in [0.25, 0.3) is 11.3 Å². The first-order valence-corrected chi connectivity index (χ1v) is 7.67. The maximum absolute atomic E-state index is 13.1. The quantitative estimate of drug-likeness (QED) is 0.597. The predicted octanol–water partition coefficient (Wildman–Crippen LogP) is 3.35. The molecule has 0 atom stereocenters. The Morgan fingerprint density at radius 1 is 1.19 bits per heavy atom. The number of anilines is 2. The molecule has 0 unspecified atom stereocenters. The molecule has 8 nitrogen and oxygen atoms in total. The van der Waals surface area contributed by atoms with Gasteiger partial charge in [-0.2, -0.15) is 18.3 Å². The van der Waals surface area contributed by atoms with Crippen molar-refractivity contribution in [2.24, 2.45) is 5.18 Å². The molecular formula is C16H14F3N7O. The fourth-order valence-corrected chi connectivity index (χ4v) is 2.66. The number of nitrogens with two attached hydrogens (primary N) is 2. The molecular weight excluding hydrogens is 363 g/mol. The van der Waals surface area contributed by atoms with Crippen molar-refractivity contribution in [2.75, 3.05) is 11.5 Å². The second kappa shape index (κ2) is 6.67. The number of halogens is 3. The fourth-order valence-electron chi connectivity index (χ4n) is 2.66. The van der Waals surface area contributed by atoms with Gasteiger partial charge < -0.3 is 11.5 Å². The van der Waals surface area contributed by atoms with Gasteiger partial charge in [-0.15, -0.1) is 4.91 Å². The number of aromatic nitrogens is 4. The molecule has 0 spiro atoms. The van der Waals surface area contributed by atoms with Gasteiger partial charge in [-0.05, 0) is 24.2 Å². The highest BCUT2D eigenvalue weighted by molar-refractivity contribution is 5.77. The van der Waals surface area contributed by atoms with Crippen molar-refractivity contribution in [2.45, 2.75) is 19.5 Å². The van der Waals surface area contributed by atoms with Crippen LogP contribution in [0.4, 0.5) is 30.4 Å². The third-order valence-electron chi connectivity index (χ3n) is 4.02. The van der Waals surface area contributed by atoms with Crippen molar-refractivity contribution in [1.82, 2.24) is 20.2 Å². The number of aromatic amines is 1. The molecule has 0 saturated heterocycles. The molecule has 11 heteroatoms. The second-order valence-corrected chi connectivity index (χ2v) is 5.77. The molecule has 3 heterocycles. The largest absolute Gasteiger partial charge is 0.433 e. The van der Waals surface area contributed by atoms with E-state index in [1.54, 1.807) is 19.1 Å². The van der Waals surface area contributed by atoms with E-state index in [0.717, 1.165) is 6.20 Å². The van der Waals surface area contributed by atoms with E-state index in [4.69, 9.17) is 11.5 Å². The Hall–Kier alpha value is -3.50. The molecule has 0 bridgehead atoms. The molecule has 27 heavy (non-hydrogen) atoms. The van der Waals surface area contributed by atoms with Gasteiger partial charge in [-0.1, -0.05) is 6.07 Å². The molecule has 140 valence electrons. The number of nitrogens with one attached hydrogen (secondary N) is 1. The topological polar surface area (TPSA) is 136 Å². The molecule has 0 aliphatic heterocycles. The summed E-state index contributed by atoms with van der Waals surface area (Å²) in [4.78, 5) is 19.0. The summed E-state index contributed by atoms with van der Waals surface area (Å²) in [7, 11) is 0. The number of hydrogen-bond donors (Lipinski definition) is 3. The van der Waals surface area contributed by atoms with E-state index < -0.39 is 11.9 Å². The summed E-state index contributed by atoms with van der Waals surface area (Å²) in [6.07, 6.45) is -3.35. The van der Waals surface area contributed by atoms with Crippen LogP contribution in [0.3, 0.4) is 0 Å². The Labute approximate surface area is 150 Å². The molecule has 3 aromatic heterocycles. The molecule has 0 radical (unpaired) electrons. The minimum absolute atomic E-state index is 0.0454. The van der Waals surface area contributed by atoms with E-state index in [1.165, 1.54) is 6.07 Å². The van der Waals surface area contributed by atoms with Gasteiger partial charge in [0.25, 0.3) is 0 Å². The number of nitroso groups, excluding NO2 is 1. The van der Waals surface area contributed by atoms with Crippen LogP contribution in [0.2, 0.25) is 0 Å². The number of alkyl halides is 3. The van der Waals surface area contributed by atoms with Crippen LogP contribution in [-0.4, -0.2) is 20.2 Å². The SMILES string of the molecule is Cc1nc(N=O)c(N)c(N)c1Cc1cccc(-c2cn[nH]c2C(F)(F)F)n1. The van der Waals surface area contributed by atoms with Crippen LogP contribution in [0, 0.1) is 11.8 Å². The van der Waals surface area contributed by atoms with Crippen LogP contribution < -0.4 is 11.5 Å². The van der Waals surface area contributed by atoms with E-state index in [-0.39, 0.29) is 34.9 Å². The zero-order chi connectivity index (χ0) is 19.8. The lowest BCUT2D eigenvalue weighted by atomic mass is 10.0. The van der Waals surface area contributed by atoms with Crippen LogP contribution in [-0.2, 0) is 12.6 Å². The molecule has 0 fully saturated rings. The maximum atomic E-state index is 13.1. The average molecular weight is 377 g/mol. The van der Waals surface area contributed by atoms with Gasteiger partial charge in [-0.25, -0.2) is 4.98 Å². The van der Waals surface area contributed by atoms with E-state index in [9.17, 15) is 18.1 Å². The molecule has 0 aliphatic rings. The van der Waals surface area contributed by atoms with Gasteiger partial charge in [0.1, 0.15) is 11.4 Å². The number of nitrogens with zero attached hydrogens (tertiary/aromatic N) is 4. The highest BCUT2D eigenvalue weighted by Crippen LogP contribution is 2.35. The molecule has 0 amide bonds. The van der Waals surface area contributed by atoms with Gasteiger partial charge in [-0.3, -0.25) is 10.1 Å². The normalized spacial score (nSPS) is 11.6. The van der Waals surface area contributed by atoms with Gasteiger partial charge in [0.15, 0.2) is 0 Å².